The number of carboxylic acid groups (broad SMARTS) is 1. The van der Waals surface area contributed by atoms with Gasteiger partial charge in [0.1, 0.15) is 11.6 Å². The van der Waals surface area contributed by atoms with Gasteiger partial charge in [-0.15, -0.1) is 0 Å². The zero-order valence-electron chi connectivity index (χ0n) is 10.5. The average molecular weight is 271 g/mol. The van der Waals surface area contributed by atoms with E-state index < -0.39 is 23.5 Å². The minimum atomic E-state index is -0.917. The fraction of sp³-hybridized carbons (Fsp3) is 0.462. The van der Waals surface area contributed by atoms with Crippen LogP contribution in [0.3, 0.4) is 0 Å². The number of benzene rings is 1. The lowest BCUT2D eigenvalue weighted by Gasteiger charge is -2.26. The molecule has 2 unspecified atom stereocenters. The van der Waals surface area contributed by atoms with E-state index in [1.165, 1.54) is 12.1 Å². The second-order valence-electron chi connectivity index (χ2n) is 4.74. The second-order valence-corrected chi connectivity index (χ2v) is 4.74. The summed E-state index contributed by atoms with van der Waals surface area (Å²) in [5.41, 5.74) is 0.469. The van der Waals surface area contributed by atoms with Crippen molar-refractivity contribution in [2.75, 3.05) is 20.3 Å². The monoisotopic (exact) mass is 271 g/mol. The molecule has 1 aliphatic rings. The maximum absolute atomic E-state index is 13.1. The van der Waals surface area contributed by atoms with Crippen molar-refractivity contribution >= 4 is 5.97 Å². The molecule has 0 spiro atoms. The summed E-state index contributed by atoms with van der Waals surface area (Å²) >= 11 is 0. The Hall–Kier alpha value is -1.53. The third-order valence-corrected chi connectivity index (χ3v) is 3.29. The van der Waals surface area contributed by atoms with E-state index in [9.17, 15) is 13.6 Å². The smallest absolute Gasteiger partial charge is 0.310 e. The van der Waals surface area contributed by atoms with Crippen LogP contribution in [0.5, 0.6) is 0 Å². The molecule has 0 aliphatic carbocycles. The van der Waals surface area contributed by atoms with Crippen LogP contribution in [0.1, 0.15) is 5.56 Å². The number of hydrogen-bond acceptors (Lipinski definition) is 3. The fourth-order valence-corrected chi connectivity index (χ4v) is 2.32. The molecule has 4 nitrogen and oxygen atoms in total. The average Bonchev–Trinajstić information content (AvgIpc) is 2.75. The standard InChI is InChI=1S/C13H15F2NO3/c1-16(12-7-19-6-11(12)13(17)18)5-8-2-9(14)4-10(15)3-8/h2-4,11-12H,5-7H2,1H3,(H,17,18). The molecule has 0 bridgehead atoms. The van der Waals surface area contributed by atoms with E-state index >= 15 is 0 Å². The molecule has 1 fully saturated rings. The number of carboxylic acids is 1. The summed E-state index contributed by atoms with van der Waals surface area (Å²) in [5, 5.41) is 9.06. The molecule has 1 heterocycles. The van der Waals surface area contributed by atoms with Crippen LogP contribution < -0.4 is 0 Å². The van der Waals surface area contributed by atoms with Crippen molar-refractivity contribution in [3.8, 4) is 0 Å². The minimum absolute atomic E-state index is 0.169. The first kappa shape index (κ1) is 13.9. The van der Waals surface area contributed by atoms with E-state index in [0.29, 0.717) is 12.2 Å². The highest BCUT2D eigenvalue weighted by atomic mass is 19.1. The van der Waals surface area contributed by atoms with Gasteiger partial charge in [-0.3, -0.25) is 9.69 Å². The number of carbonyl (C=O) groups is 1. The molecule has 1 saturated heterocycles. The predicted molar refractivity (Wildman–Crippen MR) is 63.6 cm³/mol. The van der Waals surface area contributed by atoms with E-state index in [0.717, 1.165) is 6.07 Å². The van der Waals surface area contributed by atoms with E-state index in [2.05, 4.69) is 0 Å². The molecule has 1 aromatic carbocycles. The molecular weight excluding hydrogens is 256 g/mol. The van der Waals surface area contributed by atoms with Crippen LogP contribution in [0.15, 0.2) is 18.2 Å². The first-order chi connectivity index (χ1) is 8.97. The van der Waals surface area contributed by atoms with Gasteiger partial charge in [0.2, 0.25) is 0 Å². The molecule has 0 radical (unpaired) electrons. The van der Waals surface area contributed by atoms with Gasteiger partial charge in [-0.25, -0.2) is 8.78 Å². The van der Waals surface area contributed by atoms with Crippen molar-refractivity contribution in [2.45, 2.75) is 12.6 Å². The largest absolute Gasteiger partial charge is 0.481 e. The number of rotatable bonds is 4. The molecule has 1 aromatic rings. The fourth-order valence-electron chi connectivity index (χ4n) is 2.32. The molecule has 0 saturated carbocycles. The highest BCUT2D eigenvalue weighted by Gasteiger charge is 2.36. The Kier molecular flexibility index (Phi) is 4.11. The van der Waals surface area contributed by atoms with Crippen LogP contribution in [0.2, 0.25) is 0 Å². The van der Waals surface area contributed by atoms with Crippen molar-refractivity contribution in [3.05, 3.63) is 35.4 Å². The Labute approximate surface area is 109 Å². The van der Waals surface area contributed by atoms with Gasteiger partial charge >= 0.3 is 5.97 Å². The number of ether oxygens (including phenoxy) is 1. The van der Waals surface area contributed by atoms with Gasteiger partial charge in [0.05, 0.1) is 19.1 Å². The maximum atomic E-state index is 13.1. The van der Waals surface area contributed by atoms with Crippen LogP contribution in [-0.4, -0.2) is 42.3 Å². The molecule has 1 aliphatic heterocycles. The van der Waals surface area contributed by atoms with Crippen LogP contribution >= 0.6 is 0 Å². The zero-order chi connectivity index (χ0) is 14.0. The van der Waals surface area contributed by atoms with Gasteiger partial charge in [0.25, 0.3) is 0 Å². The number of likely N-dealkylation sites (N-methyl/N-ethyl adjacent to an activating group) is 1. The topological polar surface area (TPSA) is 49.8 Å². The molecule has 19 heavy (non-hydrogen) atoms. The highest BCUT2D eigenvalue weighted by Crippen LogP contribution is 2.21. The van der Waals surface area contributed by atoms with Gasteiger partial charge in [-0.1, -0.05) is 0 Å². The number of halogens is 2. The van der Waals surface area contributed by atoms with Crippen molar-refractivity contribution in [2.24, 2.45) is 5.92 Å². The van der Waals surface area contributed by atoms with Gasteiger partial charge in [0.15, 0.2) is 0 Å². The van der Waals surface area contributed by atoms with E-state index in [4.69, 9.17) is 9.84 Å². The van der Waals surface area contributed by atoms with Crippen LogP contribution in [0.25, 0.3) is 0 Å². The Balaban J connectivity index is 2.08. The lowest BCUT2D eigenvalue weighted by molar-refractivity contribution is -0.143. The normalized spacial score (nSPS) is 22.9. The number of hydrogen-bond donors (Lipinski definition) is 1. The zero-order valence-corrected chi connectivity index (χ0v) is 10.5. The minimum Gasteiger partial charge on any atom is -0.481 e. The van der Waals surface area contributed by atoms with E-state index in [1.807, 2.05) is 0 Å². The Morgan fingerprint density at radius 2 is 2.00 bits per heavy atom. The van der Waals surface area contributed by atoms with Crippen molar-refractivity contribution in [1.29, 1.82) is 0 Å². The maximum Gasteiger partial charge on any atom is 0.310 e. The highest BCUT2D eigenvalue weighted by molar-refractivity contribution is 5.71. The predicted octanol–water partition coefficient (Wildman–Crippen LogP) is 1.50. The quantitative estimate of drug-likeness (QED) is 0.901. The number of aliphatic carboxylic acids is 1. The lowest BCUT2D eigenvalue weighted by atomic mass is 10.0. The van der Waals surface area contributed by atoms with Crippen LogP contribution in [0, 0.1) is 17.6 Å². The Morgan fingerprint density at radius 3 is 2.58 bits per heavy atom. The van der Waals surface area contributed by atoms with E-state index in [-0.39, 0.29) is 19.2 Å². The van der Waals surface area contributed by atoms with Crippen molar-refractivity contribution < 1.29 is 23.4 Å². The van der Waals surface area contributed by atoms with Crippen molar-refractivity contribution in [1.82, 2.24) is 4.90 Å². The summed E-state index contributed by atoms with van der Waals surface area (Å²) in [6.45, 7) is 0.750. The molecule has 2 atom stereocenters. The molecule has 104 valence electrons. The first-order valence-electron chi connectivity index (χ1n) is 5.93. The lowest BCUT2D eigenvalue weighted by Crippen LogP contribution is -2.40. The van der Waals surface area contributed by atoms with Gasteiger partial charge in [-0.05, 0) is 24.7 Å². The SMILES string of the molecule is CN(Cc1cc(F)cc(F)c1)C1COCC1C(=O)O. The van der Waals surface area contributed by atoms with Crippen LogP contribution in [-0.2, 0) is 16.1 Å². The summed E-state index contributed by atoms with van der Waals surface area (Å²) in [5.74, 6) is -2.80. The molecular formula is C13H15F2NO3. The van der Waals surface area contributed by atoms with E-state index in [1.54, 1.807) is 11.9 Å². The van der Waals surface area contributed by atoms with Gasteiger partial charge in [0, 0.05) is 18.7 Å². The Bertz CT molecular complexity index is 461. The summed E-state index contributed by atoms with van der Waals surface area (Å²) in [6.07, 6.45) is 0. The molecule has 0 aromatic heterocycles. The third kappa shape index (κ3) is 3.27. The third-order valence-electron chi connectivity index (χ3n) is 3.29. The molecule has 6 heteroatoms. The van der Waals surface area contributed by atoms with Gasteiger partial charge < -0.3 is 9.84 Å². The van der Waals surface area contributed by atoms with Crippen molar-refractivity contribution in [3.63, 3.8) is 0 Å². The van der Waals surface area contributed by atoms with Crippen LogP contribution in [0.4, 0.5) is 8.78 Å². The van der Waals surface area contributed by atoms with Gasteiger partial charge in [-0.2, -0.15) is 0 Å². The number of nitrogens with zero attached hydrogens (tertiary/aromatic N) is 1. The summed E-state index contributed by atoms with van der Waals surface area (Å²) in [4.78, 5) is 12.8. The Morgan fingerprint density at radius 1 is 1.37 bits per heavy atom. The second kappa shape index (κ2) is 5.63. The molecule has 1 N–H and O–H groups in total. The molecule has 0 amide bonds. The summed E-state index contributed by atoms with van der Waals surface area (Å²) in [7, 11) is 1.72. The first-order valence-corrected chi connectivity index (χ1v) is 5.93. The molecule has 2 rings (SSSR count). The summed E-state index contributed by atoms with van der Waals surface area (Å²) < 4.78 is 31.3. The summed E-state index contributed by atoms with van der Waals surface area (Å²) in [6, 6.07) is 3.00.